The Labute approximate surface area is 89.1 Å². The molecule has 2 atom stereocenters. The Bertz CT molecular complexity index is 391. The van der Waals surface area contributed by atoms with Crippen LogP contribution in [0.25, 0.3) is 0 Å². The van der Waals surface area contributed by atoms with Gasteiger partial charge in [-0.1, -0.05) is 6.92 Å². The monoisotopic (exact) mass is 233 g/mol. The van der Waals surface area contributed by atoms with Crippen LogP contribution in [0.2, 0.25) is 0 Å². The summed E-state index contributed by atoms with van der Waals surface area (Å²) in [6, 6.07) is 0. The number of rotatable bonds is 4. The van der Waals surface area contributed by atoms with E-state index in [1.165, 1.54) is 4.31 Å². The van der Waals surface area contributed by atoms with E-state index in [-0.39, 0.29) is 18.2 Å². The van der Waals surface area contributed by atoms with E-state index in [1.54, 1.807) is 6.92 Å². The molecule has 2 rings (SSSR count). The smallest absolute Gasteiger partial charge is 0.311 e. The molecule has 1 saturated carbocycles. The molecule has 0 aromatic carbocycles. The zero-order valence-corrected chi connectivity index (χ0v) is 9.46. The van der Waals surface area contributed by atoms with Crippen LogP contribution in [0, 0.1) is 11.3 Å². The molecular formula is C9H15NO4S. The van der Waals surface area contributed by atoms with Crippen molar-refractivity contribution >= 4 is 16.0 Å². The van der Waals surface area contributed by atoms with Crippen molar-refractivity contribution < 1.29 is 18.3 Å². The number of aliphatic carboxylic acids is 1. The average molecular weight is 233 g/mol. The molecule has 2 aliphatic rings. The number of hydrogen-bond acceptors (Lipinski definition) is 3. The second-order valence-corrected chi connectivity index (χ2v) is 6.56. The average Bonchev–Trinajstić information content (AvgIpc) is 2.70. The Balaban J connectivity index is 2.10. The van der Waals surface area contributed by atoms with Crippen molar-refractivity contribution in [3.05, 3.63) is 0 Å². The third-order valence-electron chi connectivity index (χ3n) is 3.40. The zero-order valence-electron chi connectivity index (χ0n) is 8.64. The number of carbonyl (C=O) groups is 1. The van der Waals surface area contributed by atoms with Crippen LogP contribution in [0.3, 0.4) is 0 Å². The Morgan fingerprint density at radius 3 is 2.73 bits per heavy atom. The summed E-state index contributed by atoms with van der Waals surface area (Å²) in [5.41, 5.74) is -0.749. The highest BCUT2D eigenvalue weighted by Crippen LogP contribution is 2.58. The first-order valence-corrected chi connectivity index (χ1v) is 6.74. The summed E-state index contributed by atoms with van der Waals surface area (Å²) in [4.78, 5) is 11.0. The molecule has 0 spiro atoms. The van der Waals surface area contributed by atoms with Gasteiger partial charge in [0.15, 0.2) is 0 Å². The first-order chi connectivity index (χ1) is 6.92. The second kappa shape index (κ2) is 3.18. The highest BCUT2D eigenvalue weighted by atomic mass is 32.2. The number of piperidine rings is 1. The predicted octanol–water partition coefficient (Wildman–Crippen LogP) is 0.133. The maximum absolute atomic E-state index is 11.7. The molecule has 15 heavy (non-hydrogen) atoms. The molecular weight excluding hydrogens is 218 g/mol. The molecule has 0 bridgehead atoms. The van der Waals surface area contributed by atoms with Crippen LogP contribution < -0.4 is 0 Å². The largest absolute Gasteiger partial charge is 0.481 e. The molecule has 0 aromatic heterocycles. The minimum absolute atomic E-state index is 0.0432. The molecule has 0 aromatic rings. The van der Waals surface area contributed by atoms with E-state index < -0.39 is 21.4 Å². The Morgan fingerprint density at radius 1 is 1.60 bits per heavy atom. The fourth-order valence-electron chi connectivity index (χ4n) is 2.37. The van der Waals surface area contributed by atoms with Gasteiger partial charge in [0, 0.05) is 13.1 Å². The molecule has 5 nitrogen and oxygen atoms in total. The zero-order chi connectivity index (χ0) is 11.3. The molecule has 0 radical (unpaired) electrons. The fourth-order valence-corrected chi connectivity index (χ4v) is 3.98. The van der Waals surface area contributed by atoms with Gasteiger partial charge >= 0.3 is 5.97 Å². The molecule has 1 heterocycles. The van der Waals surface area contributed by atoms with E-state index in [0.29, 0.717) is 19.4 Å². The van der Waals surface area contributed by atoms with Gasteiger partial charge in [-0.15, -0.1) is 0 Å². The third kappa shape index (κ3) is 1.56. The highest BCUT2D eigenvalue weighted by molar-refractivity contribution is 7.89. The van der Waals surface area contributed by atoms with Crippen molar-refractivity contribution in [2.24, 2.45) is 11.3 Å². The highest BCUT2D eigenvalue weighted by Gasteiger charge is 2.66. The van der Waals surface area contributed by atoms with E-state index in [4.69, 9.17) is 5.11 Å². The van der Waals surface area contributed by atoms with Crippen LogP contribution in [0.1, 0.15) is 19.8 Å². The maximum Gasteiger partial charge on any atom is 0.311 e. The van der Waals surface area contributed by atoms with E-state index in [0.717, 1.165) is 0 Å². The summed E-state index contributed by atoms with van der Waals surface area (Å²) < 4.78 is 24.7. The van der Waals surface area contributed by atoms with Gasteiger partial charge in [-0.2, -0.15) is 0 Å². The van der Waals surface area contributed by atoms with Crippen LogP contribution in [0.5, 0.6) is 0 Å². The SMILES string of the molecule is CCCS(=O)(=O)N1CC2CC2(C(=O)O)C1. The van der Waals surface area contributed by atoms with E-state index >= 15 is 0 Å². The molecule has 1 aliphatic heterocycles. The molecule has 0 amide bonds. The topological polar surface area (TPSA) is 74.7 Å². The van der Waals surface area contributed by atoms with Gasteiger partial charge in [-0.05, 0) is 18.8 Å². The molecule has 1 saturated heterocycles. The lowest BCUT2D eigenvalue weighted by Gasteiger charge is -2.18. The Kier molecular flexibility index (Phi) is 2.31. The van der Waals surface area contributed by atoms with Crippen LogP contribution in [0.15, 0.2) is 0 Å². The normalized spacial score (nSPS) is 35.1. The quantitative estimate of drug-likeness (QED) is 0.749. The van der Waals surface area contributed by atoms with Crippen LogP contribution in [-0.2, 0) is 14.8 Å². The summed E-state index contributed by atoms with van der Waals surface area (Å²) >= 11 is 0. The van der Waals surface area contributed by atoms with Gasteiger partial charge in [0.2, 0.25) is 10.0 Å². The number of hydrogen-bond donors (Lipinski definition) is 1. The standard InChI is InChI=1S/C9H15NO4S/c1-2-3-15(13,14)10-5-7-4-9(7,6-10)8(11)12/h7H,2-6H2,1H3,(H,11,12). The summed E-state index contributed by atoms with van der Waals surface area (Å²) in [6.45, 7) is 2.38. The lowest BCUT2D eigenvalue weighted by molar-refractivity contribution is -0.143. The lowest BCUT2D eigenvalue weighted by atomic mass is 10.1. The number of fused-ring (bicyclic) bond motifs is 1. The minimum atomic E-state index is -3.21. The second-order valence-electron chi connectivity index (χ2n) is 4.47. The molecule has 2 fully saturated rings. The van der Waals surface area contributed by atoms with Gasteiger partial charge in [0.1, 0.15) is 0 Å². The van der Waals surface area contributed by atoms with Crippen LogP contribution >= 0.6 is 0 Å². The lowest BCUT2D eigenvalue weighted by Crippen LogP contribution is -2.35. The number of carboxylic acid groups (broad SMARTS) is 1. The van der Waals surface area contributed by atoms with E-state index in [1.807, 2.05) is 0 Å². The first-order valence-electron chi connectivity index (χ1n) is 5.13. The predicted molar refractivity (Wildman–Crippen MR) is 53.8 cm³/mol. The summed E-state index contributed by atoms with van der Waals surface area (Å²) in [7, 11) is -3.21. The van der Waals surface area contributed by atoms with E-state index in [9.17, 15) is 13.2 Å². The fraction of sp³-hybridized carbons (Fsp3) is 0.889. The van der Waals surface area contributed by atoms with Crippen LogP contribution in [-0.4, -0.2) is 42.6 Å². The van der Waals surface area contributed by atoms with Gasteiger partial charge in [0.05, 0.1) is 11.2 Å². The number of sulfonamides is 1. The third-order valence-corrected chi connectivity index (χ3v) is 5.39. The number of nitrogens with zero attached hydrogens (tertiary/aromatic N) is 1. The molecule has 2 unspecified atom stereocenters. The summed E-state index contributed by atoms with van der Waals surface area (Å²) in [6.07, 6.45) is 1.21. The van der Waals surface area contributed by atoms with Gasteiger partial charge in [0.25, 0.3) is 0 Å². The molecule has 6 heteroatoms. The van der Waals surface area contributed by atoms with Gasteiger partial charge in [-0.3, -0.25) is 4.79 Å². The summed E-state index contributed by atoms with van der Waals surface area (Å²) in [5, 5.41) is 9.01. The van der Waals surface area contributed by atoms with E-state index in [2.05, 4.69) is 0 Å². The van der Waals surface area contributed by atoms with Gasteiger partial charge in [-0.25, -0.2) is 12.7 Å². The molecule has 1 N–H and O–H groups in total. The first kappa shape index (κ1) is 10.9. The van der Waals surface area contributed by atoms with Crippen molar-refractivity contribution in [3.8, 4) is 0 Å². The Morgan fingerprint density at radius 2 is 2.27 bits per heavy atom. The molecule has 86 valence electrons. The summed E-state index contributed by atoms with van der Waals surface area (Å²) in [5.74, 6) is -0.682. The van der Waals surface area contributed by atoms with Crippen LogP contribution in [0.4, 0.5) is 0 Å². The Hall–Kier alpha value is -0.620. The van der Waals surface area contributed by atoms with Gasteiger partial charge < -0.3 is 5.11 Å². The van der Waals surface area contributed by atoms with Crippen molar-refractivity contribution in [2.45, 2.75) is 19.8 Å². The number of carboxylic acids is 1. The van der Waals surface area contributed by atoms with Crippen molar-refractivity contribution in [2.75, 3.05) is 18.8 Å². The van der Waals surface area contributed by atoms with Crippen molar-refractivity contribution in [1.82, 2.24) is 4.31 Å². The minimum Gasteiger partial charge on any atom is -0.481 e. The molecule has 1 aliphatic carbocycles. The van der Waals surface area contributed by atoms with Crippen molar-refractivity contribution in [1.29, 1.82) is 0 Å². The van der Waals surface area contributed by atoms with Crippen molar-refractivity contribution in [3.63, 3.8) is 0 Å². The maximum atomic E-state index is 11.7.